The number of aromatic carboxylic acids is 1. The molecular weight excluding hydrogens is 318 g/mol. The van der Waals surface area contributed by atoms with Crippen LogP contribution < -0.4 is 14.3 Å². The van der Waals surface area contributed by atoms with Crippen molar-refractivity contribution >= 4 is 17.3 Å². The third kappa shape index (κ3) is 4.13. The molecule has 0 aliphatic heterocycles. The van der Waals surface area contributed by atoms with E-state index in [1.165, 1.54) is 4.57 Å². The van der Waals surface area contributed by atoms with Gasteiger partial charge in [0.05, 0.1) is 13.7 Å². The number of methoxy groups -OCH3 is 1. The Balaban J connectivity index is 1.93. The molecule has 0 radical (unpaired) electrons. The monoisotopic (exact) mass is 337 g/mol. The van der Waals surface area contributed by atoms with Crippen LogP contribution in [0.4, 0.5) is 0 Å². The predicted octanol–water partition coefficient (Wildman–Crippen LogP) is 2.65. The summed E-state index contributed by atoms with van der Waals surface area (Å²) in [5, 5.41) is 9.12. The van der Waals surface area contributed by atoms with Crippen LogP contribution >= 0.6 is 11.3 Å². The molecule has 2 rings (SSSR count). The molecule has 0 aliphatic carbocycles. The van der Waals surface area contributed by atoms with Crippen molar-refractivity contribution in [3.8, 4) is 11.5 Å². The Morgan fingerprint density at radius 3 is 2.48 bits per heavy atom. The minimum atomic E-state index is -1.04. The van der Waals surface area contributed by atoms with Crippen molar-refractivity contribution in [1.29, 1.82) is 0 Å². The Morgan fingerprint density at radius 1 is 1.26 bits per heavy atom. The van der Waals surface area contributed by atoms with Gasteiger partial charge in [-0.3, -0.25) is 4.79 Å². The van der Waals surface area contributed by atoms with Crippen LogP contribution in [0.3, 0.4) is 0 Å². The zero-order valence-electron chi connectivity index (χ0n) is 13.1. The Morgan fingerprint density at radius 2 is 1.91 bits per heavy atom. The van der Waals surface area contributed by atoms with E-state index in [1.54, 1.807) is 7.11 Å². The second-order valence-corrected chi connectivity index (χ2v) is 5.79. The first-order valence-electron chi connectivity index (χ1n) is 7.29. The number of thiazole rings is 1. The summed E-state index contributed by atoms with van der Waals surface area (Å²) >= 11 is 0.785. The fraction of sp³-hybridized carbons (Fsp3) is 0.375. The average Bonchev–Trinajstić information content (AvgIpc) is 2.88. The maximum atomic E-state index is 11.9. The summed E-state index contributed by atoms with van der Waals surface area (Å²) in [5.41, 5.74) is 0.581. The standard InChI is InChI=1S/C16H19NO5S/c1-3-13-14(15(18)19)23-16(20)17(13)9-4-10-22-12-7-5-11(21-2)6-8-12/h5-8H,3-4,9-10H2,1-2H3,(H,18,19). The lowest BCUT2D eigenvalue weighted by atomic mass is 10.2. The van der Waals surface area contributed by atoms with E-state index in [-0.39, 0.29) is 9.75 Å². The first-order chi connectivity index (χ1) is 11.1. The molecule has 23 heavy (non-hydrogen) atoms. The van der Waals surface area contributed by atoms with E-state index >= 15 is 0 Å². The molecular formula is C16H19NO5S. The van der Waals surface area contributed by atoms with Crippen LogP contribution in [-0.2, 0) is 13.0 Å². The van der Waals surface area contributed by atoms with Crippen LogP contribution in [0.5, 0.6) is 11.5 Å². The summed E-state index contributed by atoms with van der Waals surface area (Å²) in [7, 11) is 1.60. The third-order valence-electron chi connectivity index (χ3n) is 3.38. The topological polar surface area (TPSA) is 77.8 Å². The van der Waals surface area contributed by atoms with Crippen LogP contribution in [0, 0.1) is 0 Å². The van der Waals surface area contributed by atoms with E-state index < -0.39 is 5.97 Å². The second-order valence-electron chi connectivity index (χ2n) is 4.83. The van der Waals surface area contributed by atoms with Crippen molar-refractivity contribution in [2.45, 2.75) is 26.3 Å². The Labute approximate surface area is 137 Å². The first-order valence-corrected chi connectivity index (χ1v) is 8.11. The fourth-order valence-corrected chi connectivity index (χ4v) is 3.21. The first kappa shape index (κ1) is 17.1. The molecule has 1 aromatic carbocycles. The number of nitrogens with zero attached hydrogens (tertiary/aromatic N) is 1. The fourth-order valence-electron chi connectivity index (χ4n) is 2.26. The van der Waals surface area contributed by atoms with E-state index in [4.69, 9.17) is 14.6 Å². The summed E-state index contributed by atoms with van der Waals surface area (Å²) in [6.45, 7) is 2.74. The average molecular weight is 337 g/mol. The van der Waals surface area contributed by atoms with Gasteiger partial charge in [0.25, 0.3) is 0 Å². The molecule has 0 atom stereocenters. The second kappa shape index (κ2) is 7.82. The number of hydrogen-bond acceptors (Lipinski definition) is 5. The number of hydrogen-bond donors (Lipinski definition) is 1. The van der Waals surface area contributed by atoms with Crippen LogP contribution in [0.15, 0.2) is 29.1 Å². The van der Waals surface area contributed by atoms with Gasteiger partial charge in [-0.05, 0) is 37.1 Å². The summed E-state index contributed by atoms with van der Waals surface area (Å²) in [6.07, 6.45) is 1.13. The molecule has 0 unspecified atom stereocenters. The molecule has 0 spiro atoms. The van der Waals surface area contributed by atoms with E-state index in [9.17, 15) is 9.59 Å². The van der Waals surface area contributed by atoms with Gasteiger partial charge >= 0.3 is 10.8 Å². The lowest BCUT2D eigenvalue weighted by molar-refractivity contribution is 0.0700. The molecule has 0 bridgehead atoms. The zero-order chi connectivity index (χ0) is 16.8. The van der Waals surface area contributed by atoms with Crippen LogP contribution in [0.25, 0.3) is 0 Å². The van der Waals surface area contributed by atoms with Crippen molar-refractivity contribution < 1.29 is 19.4 Å². The van der Waals surface area contributed by atoms with Gasteiger partial charge in [0.2, 0.25) is 0 Å². The molecule has 0 fully saturated rings. The molecule has 1 heterocycles. The molecule has 2 aromatic rings. The van der Waals surface area contributed by atoms with Gasteiger partial charge in [-0.25, -0.2) is 4.79 Å². The summed E-state index contributed by atoms with van der Waals surface area (Å²) in [4.78, 5) is 23.0. The molecule has 0 saturated heterocycles. The van der Waals surface area contributed by atoms with Crippen molar-refractivity contribution in [2.24, 2.45) is 0 Å². The summed E-state index contributed by atoms with van der Waals surface area (Å²) in [5.74, 6) is 0.443. The molecule has 124 valence electrons. The molecule has 6 nitrogen and oxygen atoms in total. The number of carbonyl (C=O) groups is 1. The minimum Gasteiger partial charge on any atom is -0.497 e. The van der Waals surface area contributed by atoms with Crippen molar-refractivity contribution in [1.82, 2.24) is 4.57 Å². The normalized spacial score (nSPS) is 10.5. The van der Waals surface area contributed by atoms with Crippen molar-refractivity contribution in [2.75, 3.05) is 13.7 Å². The van der Waals surface area contributed by atoms with Crippen LogP contribution in [0.1, 0.15) is 28.7 Å². The Bertz CT molecular complexity index is 717. The highest BCUT2D eigenvalue weighted by Gasteiger charge is 2.18. The number of aromatic nitrogens is 1. The SMILES string of the molecule is CCc1c(C(=O)O)sc(=O)n1CCCOc1ccc(OC)cc1. The molecule has 0 amide bonds. The highest BCUT2D eigenvalue weighted by atomic mass is 32.1. The van der Waals surface area contributed by atoms with Gasteiger partial charge in [-0.2, -0.15) is 0 Å². The zero-order valence-corrected chi connectivity index (χ0v) is 13.9. The Kier molecular flexibility index (Phi) is 5.81. The largest absolute Gasteiger partial charge is 0.497 e. The van der Waals surface area contributed by atoms with Crippen molar-refractivity contribution in [3.63, 3.8) is 0 Å². The van der Waals surface area contributed by atoms with Crippen molar-refractivity contribution in [3.05, 3.63) is 44.5 Å². The highest BCUT2D eigenvalue weighted by Crippen LogP contribution is 2.17. The molecule has 0 aliphatic rings. The van der Waals surface area contributed by atoms with Crippen LogP contribution in [-0.4, -0.2) is 29.4 Å². The molecule has 1 N–H and O–H groups in total. The predicted molar refractivity (Wildman–Crippen MR) is 88.0 cm³/mol. The van der Waals surface area contributed by atoms with Gasteiger partial charge in [0.15, 0.2) is 0 Å². The quantitative estimate of drug-likeness (QED) is 0.749. The third-order valence-corrected chi connectivity index (χ3v) is 4.39. The smallest absolute Gasteiger partial charge is 0.347 e. The molecule has 7 heteroatoms. The van der Waals surface area contributed by atoms with E-state index in [1.807, 2.05) is 31.2 Å². The number of rotatable bonds is 8. The maximum Gasteiger partial charge on any atom is 0.347 e. The Hall–Kier alpha value is -2.28. The van der Waals surface area contributed by atoms with Gasteiger partial charge in [0.1, 0.15) is 16.4 Å². The van der Waals surface area contributed by atoms with E-state index in [2.05, 4.69) is 0 Å². The van der Waals surface area contributed by atoms with Gasteiger partial charge in [-0.1, -0.05) is 18.3 Å². The van der Waals surface area contributed by atoms with E-state index in [0.717, 1.165) is 22.8 Å². The minimum absolute atomic E-state index is 0.133. The number of carboxylic acid groups (broad SMARTS) is 1. The van der Waals surface area contributed by atoms with Gasteiger partial charge in [-0.15, -0.1) is 0 Å². The summed E-state index contributed by atoms with van der Waals surface area (Å²) in [6, 6.07) is 7.26. The number of benzene rings is 1. The van der Waals surface area contributed by atoms with Gasteiger partial charge in [0, 0.05) is 12.2 Å². The number of ether oxygens (including phenoxy) is 2. The van der Waals surface area contributed by atoms with E-state index in [0.29, 0.717) is 31.7 Å². The maximum absolute atomic E-state index is 11.9. The molecule has 0 saturated carbocycles. The summed E-state index contributed by atoms with van der Waals surface area (Å²) < 4.78 is 12.2. The van der Waals surface area contributed by atoms with Gasteiger partial charge < -0.3 is 19.1 Å². The lowest BCUT2D eigenvalue weighted by Crippen LogP contribution is -2.18. The molecule has 1 aromatic heterocycles. The highest BCUT2D eigenvalue weighted by molar-refractivity contribution is 7.11. The lowest BCUT2D eigenvalue weighted by Gasteiger charge is -2.09. The number of carboxylic acids is 1. The van der Waals surface area contributed by atoms with Crippen LogP contribution in [0.2, 0.25) is 0 Å².